The Bertz CT molecular complexity index is 2260. The molecule has 7 rings (SSSR count). The van der Waals surface area contributed by atoms with Crippen molar-refractivity contribution >= 4 is 34.8 Å². The van der Waals surface area contributed by atoms with Gasteiger partial charge in [-0.15, -0.1) is 0 Å². The predicted octanol–water partition coefficient (Wildman–Crippen LogP) is 9.10. The highest BCUT2D eigenvalue weighted by molar-refractivity contribution is 6.04. The third-order valence-corrected chi connectivity index (χ3v) is 10.9. The number of hydrogen-bond acceptors (Lipinski definition) is 8. The summed E-state index contributed by atoms with van der Waals surface area (Å²) in [5.74, 6) is 0.0660. The fraction of sp³-hybridized carbons (Fsp3) is 0.235. The average Bonchev–Trinajstić information content (AvgIpc) is 3.30. The van der Waals surface area contributed by atoms with Gasteiger partial charge in [-0.05, 0) is 78.9 Å². The normalized spacial score (nSPS) is 13.0. The minimum Gasteiger partial charge on any atom is -0.508 e. The minimum absolute atomic E-state index is 0.0511. The molecule has 1 aliphatic heterocycles. The molecule has 10 nitrogen and oxygen atoms in total. The van der Waals surface area contributed by atoms with Crippen LogP contribution < -0.4 is 20.9 Å². The molecule has 0 unspecified atom stereocenters. The smallest absolute Gasteiger partial charge is 0.419 e. The Hall–Kier alpha value is -6.59. The number of amides is 2. The zero-order chi connectivity index (χ0) is 42.2. The van der Waals surface area contributed by atoms with Crippen LogP contribution in [0.5, 0.6) is 5.75 Å². The molecule has 0 bridgehead atoms. The molecule has 61 heavy (non-hydrogen) atoms. The van der Waals surface area contributed by atoms with Crippen LogP contribution in [0.3, 0.4) is 0 Å². The predicted molar refractivity (Wildman–Crippen MR) is 243 cm³/mol. The number of nitrogens with zero attached hydrogens (tertiary/aromatic N) is 2. The fourth-order valence-corrected chi connectivity index (χ4v) is 7.59. The monoisotopic (exact) mass is 815 g/mol. The van der Waals surface area contributed by atoms with Crippen molar-refractivity contribution in [2.24, 2.45) is 0 Å². The molecule has 1 fully saturated rings. The molecule has 0 spiro atoms. The third kappa shape index (κ3) is 12.0. The molecule has 0 radical (unpaired) electrons. The third-order valence-electron chi connectivity index (χ3n) is 10.9. The number of para-hydroxylation sites is 2. The van der Waals surface area contributed by atoms with Gasteiger partial charge in [-0.3, -0.25) is 9.59 Å². The molecule has 0 aromatic heterocycles. The molecule has 1 aliphatic rings. The Labute approximate surface area is 358 Å². The van der Waals surface area contributed by atoms with E-state index in [-0.39, 0.29) is 30.1 Å². The van der Waals surface area contributed by atoms with E-state index in [1.807, 2.05) is 97.1 Å². The zero-order valence-corrected chi connectivity index (χ0v) is 34.3. The van der Waals surface area contributed by atoms with Gasteiger partial charge in [0.05, 0.1) is 17.9 Å². The number of anilines is 3. The van der Waals surface area contributed by atoms with E-state index in [0.29, 0.717) is 43.6 Å². The Morgan fingerprint density at radius 1 is 0.656 bits per heavy atom. The molecule has 1 heterocycles. The van der Waals surface area contributed by atoms with Crippen LogP contribution in [0.2, 0.25) is 0 Å². The molecule has 10 heteroatoms. The molecule has 6 aromatic carbocycles. The molecule has 2 amide bonds. The van der Waals surface area contributed by atoms with E-state index < -0.39 is 6.09 Å². The quantitative estimate of drug-likeness (QED) is 0.0501. The summed E-state index contributed by atoms with van der Waals surface area (Å²) in [4.78, 5) is 44.1. The summed E-state index contributed by atoms with van der Waals surface area (Å²) < 4.78 is 6.34. The van der Waals surface area contributed by atoms with Crippen molar-refractivity contribution in [2.75, 3.05) is 56.0 Å². The first-order chi connectivity index (χ1) is 29.9. The molecule has 1 saturated heterocycles. The Balaban J connectivity index is 0.877. The Morgan fingerprint density at radius 2 is 1.26 bits per heavy atom. The lowest BCUT2D eigenvalue weighted by atomic mass is 10.00. The van der Waals surface area contributed by atoms with E-state index in [4.69, 9.17) is 4.74 Å². The van der Waals surface area contributed by atoms with Crippen molar-refractivity contribution in [1.82, 2.24) is 15.5 Å². The molecular formula is C51H53N5O5. The zero-order valence-electron chi connectivity index (χ0n) is 34.3. The summed E-state index contributed by atoms with van der Waals surface area (Å²) in [6, 6.07) is 50.2. The van der Waals surface area contributed by atoms with Gasteiger partial charge in [0.1, 0.15) is 11.9 Å². The highest BCUT2D eigenvalue weighted by atomic mass is 16.6. The summed E-state index contributed by atoms with van der Waals surface area (Å²) in [7, 11) is 0. The van der Waals surface area contributed by atoms with Crippen molar-refractivity contribution < 1.29 is 24.2 Å². The second kappa shape index (κ2) is 21.6. The first-order valence-electron chi connectivity index (χ1n) is 21.1. The number of nitrogens with one attached hydrogen (secondary N) is 3. The van der Waals surface area contributed by atoms with Crippen LogP contribution in [0, 0.1) is 0 Å². The molecule has 6 aromatic rings. The van der Waals surface area contributed by atoms with E-state index in [1.165, 1.54) is 0 Å². The second-order valence-corrected chi connectivity index (χ2v) is 15.2. The summed E-state index contributed by atoms with van der Waals surface area (Å²) >= 11 is 0. The van der Waals surface area contributed by atoms with Gasteiger partial charge in [0.15, 0.2) is 5.78 Å². The summed E-state index contributed by atoms with van der Waals surface area (Å²) in [5, 5.41) is 18.9. The van der Waals surface area contributed by atoms with Gasteiger partial charge in [-0.1, -0.05) is 121 Å². The molecule has 0 saturated carbocycles. The number of carbonyl (C=O) groups is 3. The van der Waals surface area contributed by atoms with Gasteiger partial charge in [-0.2, -0.15) is 0 Å². The number of hydrogen-bond donors (Lipinski definition) is 4. The molecule has 0 aliphatic carbocycles. The van der Waals surface area contributed by atoms with E-state index in [1.54, 1.807) is 41.3 Å². The lowest BCUT2D eigenvalue weighted by Gasteiger charge is -2.34. The van der Waals surface area contributed by atoms with Crippen molar-refractivity contribution in [1.29, 1.82) is 0 Å². The largest absolute Gasteiger partial charge is 0.508 e. The highest BCUT2D eigenvalue weighted by Crippen LogP contribution is 2.40. The number of ketones is 1. The number of rotatable bonds is 18. The van der Waals surface area contributed by atoms with Gasteiger partial charge in [0, 0.05) is 61.5 Å². The molecular weight excluding hydrogens is 763 g/mol. The van der Waals surface area contributed by atoms with E-state index in [9.17, 15) is 19.5 Å². The Kier molecular flexibility index (Phi) is 15.1. The second-order valence-electron chi connectivity index (χ2n) is 15.2. The van der Waals surface area contributed by atoms with Crippen LogP contribution in [0.15, 0.2) is 158 Å². The van der Waals surface area contributed by atoms with E-state index in [0.717, 1.165) is 71.8 Å². The van der Waals surface area contributed by atoms with Gasteiger partial charge >= 0.3 is 6.09 Å². The topological polar surface area (TPSA) is 123 Å². The van der Waals surface area contributed by atoms with Crippen LogP contribution in [0.1, 0.15) is 35.2 Å². The van der Waals surface area contributed by atoms with Gasteiger partial charge in [-0.25, -0.2) is 9.69 Å². The standard InChI is InChI=1S/C51H53N5O5/c57-43-24-22-38(23-25-43)26-30-52-31-27-50(59)54-42-17-11-16-41(36-42)49(58)37-53-32-35-55-33-28-44(29-34-55)61-51(60)56(47-20-9-7-18-45(47)39-12-3-1-4-13-39)48-21-10-8-19-46(48)40-14-5-2-6-15-40/h1-25,36,44,52-53,57H,26-35,37H2,(H,54,59). The van der Waals surface area contributed by atoms with Crippen molar-refractivity contribution in [3.63, 3.8) is 0 Å². The molecule has 312 valence electrons. The maximum atomic E-state index is 14.5. The number of aromatic hydroxyl groups is 1. The fourth-order valence-electron chi connectivity index (χ4n) is 7.59. The minimum atomic E-state index is -0.413. The average molecular weight is 816 g/mol. The van der Waals surface area contributed by atoms with Crippen LogP contribution in [0.25, 0.3) is 22.3 Å². The lowest BCUT2D eigenvalue weighted by Crippen LogP contribution is -2.42. The van der Waals surface area contributed by atoms with Gasteiger partial charge in [0.2, 0.25) is 5.91 Å². The lowest BCUT2D eigenvalue weighted by molar-refractivity contribution is -0.116. The maximum Gasteiger partial charge on any atom is 0.419 e. The maximum absolute atomic E-state index is 14.5. The number of carbonyl (C=O) groups excluding carboxylic acids is 3. The molecule has 4 N–H and O–H groups in total. The number of benzene rings is 6. The number of phenols is 1. The van der Waals surface area contributed by atoms with Crippen LogP contribution in [0.4, 0.5) is 21.9 Å². The Morgan fingerprint density at radius 3 is 1.90 bits per heavy atom. The number of piperidine rings is 1. The first-order valence-corrected chi connectivity index (χ1v) is 21.1. The van der Waals surface area contributed by atoms with Crippen molar-refractivity contribution in [2.45, 2.75) is 31.8 Å². The van der Waals surface area contributed by atoms with Crippen LogP contribution in [-0.4, -0.2) is 79.7 Å². The van der Waals surface area contributed by atoms with Gasteiger partial charge < -0.3 is 30.7 Å². The van der Waals surface area contributed by atoms with Crippen LogP contribution in [-0.2, 0) is 16.0 Å². The van der Waals surface area contributed by atoms with Gasteiger partial charge in [0.25, 0.3) is 0 Å². The van der Waals surface area contributed by atoms with Crippen LogP contribution >= 0.6 is 0 Å². The summed E-state index contributed by atoms with van der Waals surface area (Å²) in [6.45, 7) is 4.36. The number of ether oxygens (including phenoxy) is 1. The van der Waals surface area contributed by atoms with E-state index in [2.05, 4.69) is 45.1 Å². The number of phenolic OH excluding ortho intramolecular Hbond substituents is 1. The molecule has 0 atom stereocenters. The number of likely N-dealkylation sites (tertiary alicyclic amines) is 1. The van der Waals surface area contributed by atoms with Crippen molar-refractivity contribution in [3.8, 4) is 28.0 Å². The number of Topliss-reactive ketones (excluding diaryl/α,β-unsaturated/α-hetero) is 1. The summed E-state index contributed by atoms with van der Waals surface area (Å²) in [5.41, 5.74) is 7.61. The first kappa shape index (κ1) is 42.5. The summed E-state index contributed by atoms with van der Waals surface area (Å²) in [6.07, 6.45) is 1.85. The van der Waals surface area contributed by atoms with Crippen molar-refractivity contribution in [3.05, 3.63) is 169 Å². The SMILES string of the molecule is O=C(CCNCCc1ccc(O)cc1)Nc1cccc(C(=O)CNCCN2CCC(OC(=O)N(c3ccccc3-c3ccccc3)c3ccccc3-c3ccccc3)CC2)c1. The highest BCUT2D eigenvalue weighted by Gasteiger charge is 2.29. The van der Waals surface area contributed by atoms with E-state index >= 15 is 0 Å².